The number of hydrogen-bond acceptors (Lipinski definition) is 4. The van der Waals surface area contributed by atoms with Gasteiger partial charge in [0.15, 0.2) is 0 Å². The molecule has 2 unspecified atom stereocenters. The van der Waals surface area contributed by atoms with Crippen LogP contribution in [0.5, 0.6) is 0 Å². The molecule has 2 N–H and O–H groups in total. The molecule has 1 aromatic heterocycles. The third-order valence-electron chi connectivity index (χ3n) is 3.63. The van der Waals surface area contributed by atoms with Crippen LogP contribution in [0.2, 0.25) is 0 Å². The smallest absolute Gasteiger partial charge is 0.273 e. The van der Waals surface area contributed by atoms with Crippen molar-refractivity contribution < 1.29 is 17.9 Å². The molecule has 2 atom stereocenters. The Kier molecular flexibility index (Phi) is 4.09. The Hall–Kier alpha value is -0.850. The lowest BCUT2D eigenvalue weighted by molar-refractivity contribution is 0.236. The van der Waals surface area contributed by atoms with Crippen molar-refractivity contribution in [3.63, 3.8) is 0 Å². The van der Waals surface area contributed by atoms with Crippen LogP contribution in [0, 0.1) is 11.8 Å². The van der Waals surface area contributed by atoms with Crippen LogP contribution in [0.25, 0.3) is 0 Å². The number of hydrogen-bond donors (Lipinski definition) is 2. The summed E-state index contributed by atoms with van der Waals surface area (Å²) in [6, 6.07) is 2.83. The van der Waals surface area contributed by atoms with Crippen LogP contribution >= 0.6 is 0 Å². The van der Waals surface area contributed by atoms with Gasteiger partial charge < -0.3 is 9.52 Å². The van der Waals surface area contributed by atoms with E-state index in [1.165, 1.54) is 25.0 Å². The van der Waals surface area contributed by atoms with Gasteiger partial charge in [0.05, 0.1) is 0 Å². The molecule has 0 aromatic carbocycles. The number of aliphatic hydroxyl groups excluding tert-OH is 1. The second kappa shape index (κ2) is 5.42. The highest BCUT2D eigenvalue weighted by molar-refractivity contribution is 7.89. The zero-order chi connectivity index (χ0) is 13.2. The average Bonchev–Trinajstić information content (AvgIpc) is 2.95. The summed E-state index contributed by atoms with van der Waals surface area (Å²) < 4.78 is 31.5. The van der Waals surface area contributed by atoms with Crippen molar-refractivity contribution in [2.24, 2.45) is 11.8 Å². The highest BCUT2D eigenvalue weighted by Crippen LogP contribution is 2.30. The Balaban J connectivity index is 1.98. The maximum absolute atomic E-state index is 11.9. The minimum Gasteiger partial charge on any atom is -0.446 e. The van der Waals surface area contributed by atoms with E-state index in [4.69, 9.17) is 9.52 Å². The Bertz CT molecular complexity index is 494. The maximum atomic E-state index is 11.9. The summed E-state index contributed by atoms with van der Waals surface area (Å²) in [5, 5.41) is 8.72. The lowest BCUT2D eigenvalue weighted by atomic mass is 9.99. The van der Waals surface area contributed by atoms with Crippen molar-refractivity contribution in [2.75, 3.05) is 6.54 Å². The average molecular weight is 273 g/mol. The summed E-state index contributed by atoms with van der Waals surface area (Å²) in [5.41, 5.74) is 0. The van der Waals surface area contributed by atoms with Gasteiger partial charge in [0.1, 0.15) is 12.4 Å². The van der Waals surface area contributed by atoms with E-state index in [9.17, 15) is 8.42 Å². The fourth-order valence-electron chi connectivity index (χ4n) is 2.40. The number of rotatable bonds is 5. The molecule has 1 saturated carbocycles. The standard InChI is InChI=1S/C12H19NO4S/c1-9-3-2-4-10(9)7-13-18(15,16)12-6-5-11(8-14)17-12/h5-6,9-10,13-14H,2-4,7-8H2,1H3. The summed E-state index contributed by atoms with van der Waals surface area (Å²) in [5.74, 6) is 1.23. The molecule has 0 saturated heterocycles. The lowest BCUT2D eigenvalue weighted by Crippen LogP contribution is -2.30. The van der Waals surface area contributed by atoms with Crippen molar-refractivity contribution in [2.45, 2.75) is 37.9 Å². The molecule has 0 amide bonds. The van der Waals surface area contributed by atoms with Crippen molar-refractivity contribution in [3.8, 4) is 0 Å². The topological polar surface area (TPSA) is 79.5 Å². The van der Waals surface area contributed by atoms with Crippen molar-refractivity contribution in [1.82, 2.24) is 4.72 Å². The van der Waals surface area contributed by atoms with E-state index < -0.39 is 10.0 Å². The van der Waals surface area contributed by atoms with Crippen molar-refractivity contribution >= 4 is 10.0 Å². The zero-order valence-electron chi connectivity index (χ0n) is 10.4. The van der Waals surface area contributed by atoms with Gasteiger partial charge in [-0.2, -0.15) is 0 Å². The molecule has 6 heteroatoms. The van der Waals surface area contributed by atoms with E-state index in [1.807, 2.05) is 0 Å². The van der Waals surface area contributed by atoms with Gasteiger partial charge in [-0.05, 0) is 30.4 Å². The molecule has 2 rings (SSSR count). The van der Waals surface area contributed by atoms with E-state index in [1.54, 1.807) is 0 Å². The SMILES string of the molecule is CC1CCCC1CNS(=O)(=O)c1ccc(CO)o1. The van der Waals surface area contributed by atoms with E-state index in [2.05, 4.69) is 11.6 Å². The fraction of sp³-hybridized carbons (Fsp3) is 0.667. The molecule has 0 bridgehead atoms. The number of aliphatic hydroxyl groups is 1. The van der Waals surface area contributed by atoms with Gasteiger partial charge in [-0.1, -0.05) is 19.8 Å². The number of sulfonamides is 1. The molecule has 5 nitrogen and oxygen atoms in total. The van der Waals surface area contributed by atoms with Gasteiger partial charge in [-0.25, -0.2) is 13.1 Å². The first-order chi connectivity index (χ1) is 8.53. The molecule has 0 spiro atoms. The molecule has 1 aliphatic carbocycles. The molecular weight excluding hydrogens is 254 g/mol. The maximum Gasteiger partial charge on any atom is 0.273 e. The van der Waals surface area contributed by atoms with E-state index in [0.717, 1.165) is 6.42 Å². The van der Waals surface area contributed by atoms with E-state index >= 15 is 0 Å². The summed E-state index contributed by atoms with van der Waals surface area (Å²) in [7, 11) is -3.59. The molecule has 102 valence electrons. The quantitative estimate of drug-likeness (QED) is 0.851. The zero-order valence-corrected chi connectivity index (χ0v) is 11.2. The van der Waals surface area contributed by atoms with Crippen LogP contribution in [0.3, 0.4) is 0 Å². The Morgan fingerprint density at radius 3 is 2.78 bits per heavy atom. The largest absolute Gasteiger partial charge is 0.446 e. The normalized spacial score (nSPS) is 24.6. The second-order valence-electron chi connectivity index (χ2n) is 4.90. The molecule has 0 aliphatic heterocycles. The first-order valence-corrected chi connectivity index (χ1v) is 7.70. The van der Waals surface area contributed by atoms with Gasteiger partial charge >= 0.3 is 0 Å². The minimum atomic E-state index is -3.59. The van der Waals surface area contributed by atoms with Crippen LogP contribution < -0.4 is 4.72 Å². The second-order valence-corrected chi connectivity index (χ2v) is 6.60. The van der Waals surface area contributed by atoms with E-state index in [0.29, 0.717) is 18.4 Å². The van der Waals surface area contributed by atoms with Crippen molar-refractivity contribution in [3.05, 3.63) is 17.9 Å². The lowest BCUT2D eigenvalue weighted by Gasteiger charge is -2.15. The Labute approximate surface area is 107 Å². The van der Waals surface area contributed by atoms with Gasteiger partial charge in [-0.3, -0.25) is 0 Å². The Morgan fingerprint density at radius 1 is 1.44 bits per heavy atom. The monoisotopic (exact) mass is 273 g/mol. The number of furan rings is 1. The minimum absolute atomic E-state index is 0.128. The summed E-state index contributed by atoms with van der Waals surface area (Å²) >= 11 is 0. The summed E-state index contributed by atoms with van der Waals surface area (Å²) in [6.45, 7) is 2.32. The molecule has 0 radical (unpaired) electrons. The third-order valence-corrected chi connectivity index (χ3v) is 4.93. The third kappa shape index (κ3) is 2.93. The van der Waals surface area contributed by atoms with E-state index in [-0.39, 0.29) is 17.5 Å². The Morgan fingerprint density at radius 2 is 2.22 bits per heavy atom. The van der Waals surface area contributed by atoms with Crippen LogP contribution in [-0.4, -0.2) is 20.1 Å². The highest BCUT2D eigenvalue weighted by Gasteiger charge is 2.26. The van der Waals surface area contributed by atoms with Gasteiger partial charge in [0, 0.05) is 6.54 Å². The van der Waals surface area contributed by atoms with Crippen LogP contribution in [0.4, 0.5) is 0 Å². The predicted molar refractivity (Wildman–Crippen MR) is 66.3 cm³/mol. The summed E-state index contributed by atoms with van der Waals surface area (Å²) in [6.07, 6.45) is 3.41. The molecule has 1 aromatic rings. The molecule has 1 fully saturated rings. The van der Waals surface area contributed by atoms with Gasteiger partial charge in [0.2, 0.25) is 5.09 Å². The molecule has 1 aliphatic rings. The first-order valence-electron chi connectivity index (χ1n) is 6.22. The van der Waals surface area contributed by atoms with Crippen LogP contribution in [-0.2, 0) is 16.6 Å². The molecule has 1 heterocycles. The number of nitrogens with one attached hydrogen (secondary N) is 1. The first kappa shape index (κ1) is 13.6. The molecular formula is C12H19NO4S. The molecule has 18 heavy (non-hydrogen) atoms. The van der Waals surface area contributed by atoms with Crippen LogP contribution in [0.15, 0.2) is 21.6 Å². The summed E-state index contributed by atoms with van der Waals surface area (Å²) in [4.78, 5) is 0. The fourth-order valence-corrected chi connectivity index (χ4v) is 3.44. The van der Waals surface area contributed by atoms with Crippen LogP contribution in [0.1, 0.15) is 31.9 Å². The van der Waals surface area contributed by atoms with Crippen molar-refractivity contribution in [1.29, 1.82) is 0 Å². The van der Waals surface area contributed by atoms with Gasteiger partial charge in [0.25, 0.3) is 10.0 Å². The predicted octanol–water partition coefficient (Wildman–Crippen LogP) is 1.49. The van der Waals surface area contributed by atoms with Gasteiger partial charge in [-0.15, -0.1) is 0 Å². The highest BCUT2D eigenvalue weighted by atomic mass is 32.2.